The minimum absolute atomic E-state index is 0.210. The summed E-state index contributed by atoms with van der Waals surface area (Å²) in [4.78, 5) is 18.9. The highest BCUT2D eigenvalue weighted by atomic mass is 16.3. The number of carbonyl (C=O) groups excluding carboxylic acids is 1. The van der Waals surface area contributed by atoms with E-state index in [-0.39, 0.29) is 5.91 Å². The van der Waals surface area contributed by atoms with Gasteiger partial charge in [0.1, 0.15) is 11.5 Å². The van der Waals surface area contributed by atoms with Crippen LogP contribution in [0, 0.1) is 0 Å². The van der Waals surface area contributed by atoms with Crippen LogP contribution in [0.25, 0.3) is 0 Å². The number of hydrogen-bond acceptors (Lipinski definition) is 4. The average Bonchev–Trinajstić information content (AvgIpc) is 3.26. The number of furan rings is 1. The lowest BCUT2D eigenvalue weighted by Crippen LogP contribution is -2.26. The lowest BCUT2D eigenvalue weighted by molar-refractivity contribution is 0.0943. The number of fused-ring (bicyclic) bond motifs is 1. The number of carbonyl (C=O) groups is 1. The molecule has 4 rings (SSSR count). The largest absolute Gasteiger partial charge is 0.467 e. The number of anilines is 2. The number of hydrogen-bond donors (Lipinski definition) is 1. The van der Waals surface area contributed by atoms with Crippen molar-refractivity contribution in [1.29, 1.82) is 0 Å². The fourth-order valence-corrected chi connectivity index (χ4v) is 3.32. The van der Waals surface area contributed by atoms with Gasteiger partial charge in [0.2, 0.25) is 0 Å². The molecule has 1 aromatic carbocycles. The van der Waals surface area contributed by atoms with Crippen molar-refractivity contribution >= 4 is 17.3 Å². The third kappa shape index (κ3) is 3.01. The molecule has 0 saturated carbocycles. The van der Waals surface area contributed by atoms with Gasteiger partial charge < -0.3 is 14.6 Å². The van der Waals surface area contributed by atoms with Gasteiger partial charge >= 0.3 is 0 Å². The van der Waals surface area contributed by atoms with Gasteiger partial charge in [-0.2, -0.15) is 0 Å². The normalized spacial score (nSPS) is 15.9. The molecule has 126 valence electrons. The molecule has 5 heteroatoms. The predicted octanol–water partition coefficient (Wildman–Crippen LogP) is 3.69. The van der Waals surface area contributed by atoms with Gasteiger partial charge in [-0.1, -0.05) is 18.2 Å². The summed E-state index contributed by atoms with van der Waals surface area (Å²) in [6.45, 7) is 2.54. The van der Waals surface area contributed by atoms with Crippen molar-refractivity contribution in [2.24, 2.45) is 0 Å². The van der Waals surface area contributed by atoms with Gasteiger partial charge in [-0.05, 0) is 49.2 Å². The molecule has 1 N–H and O–H groups in total. The maximum absolute atomic E-state index is 12.4. The molecule has 25 heavy (non-hydrogen) atoms. The standard InChI is InChI=1S/C20H19N3O2/c1-14-11-15-5-2-3-7-19(15)23(14)16-8-9-21-18(12-16)20(24)22-13-17-6-4-10-25-17/h2-10,12,14H,11,13H2,1H3,(H,22,24). The molecular formula is C20H19N3O2. The average molecular weight is 333 g/mol. The first-order chi connectivity index (χ1) is 12.2. The Kier molecular flexibility index (Phi) is 3.98. The van der Waals surface area contributed by atoms with Crippen LogP contribution in [-0.2, 0) is 13.0 Å². The van der Waals surface area contributed by atoms with E-state index in [0.29, 0.717) is 24.0 Å². The molecule has 0 spiro atoms. The summed E-state index contributed by atoms with van der Waals surface area (Å²) >= 11 is 0. The van der Waals surface area contributed by atoms with Gasteiger partial charge in [0.05, 0.1) is 12.8 Å². The first-order valence-corrected chi connectivity index (χ1v) is 8.36. The zero-order chi connectivity index (χ0) is 17.2. The molecule has 1 aliphatic rings. The molecule has 3 heterocycles. The molecule has 1 unspecified atom stereocenters. The second-order valence-corrected chi connectivity index (χ2v) is 6.21. The van der Waals surface area contributed by atoms with Crippen molar-refractivity contribution in [3.8, 4) is 0 Å². The summed E-state index contributed by atoms with van der Waals surface area (Å²) in [5.74, 6) is 0.505. The molecule has 1 amide bonds. The number of nitrogens with zero attached hydrogens (tertiary/aromatic N) is 2. The molecular weight excluding hydrogens is 314 g/mol. The third-order valence-electron chi connectivity index (χ3n) is 4.46. The monoisotopic (exact) mass is 333 g/mol. The summed E-state index contributed by atoms with van der Waals surface area (Å²) in [6.07, 6.45) is 4.27. The highest BCUT2D eigenvalue weighted by Gasteiger charge is 2.27. The van der Waals surface area contributed by atoms with Gasteiger partial charge in [0.15, 0.2) is 0 Å². The summed E-state index contributed by atoms with van der Waals surface area (Å²) in [5, 5.41) is 2.84. The van der Waals surface area contributed by atoms with Gasteiger partial charge in [-0.15, -0.1) is 0 Å². The molecule has 0 bridgehead atoms. The molecule has 5 nitrogen and oxygen atoms in total. The highest BCUT2D eigenvalue weighted by Crippen LogP contribution is 2.37. The van der Waals surface area contributed by atoms with Crippen LogP contribution in [0.4, 0.5) is 11.4 Å². The van der Waals surface area contributed by atoms with Crippen LogP contribution in [-0.4, -0.2) is 16.9 Å². The third-order valence-corrected chi connectivity index (χ3v) is 4.46. The fourth-order valence-electron chi connectivity index (χ4n) is 3.32. The van der Waals surface area contributed by atoms with E-state index in [2.05, 4.69) is 40.3 Å². The molecule has 0 aliphatic carbocycles. The van der Waals surface area contributed by atoms with Crippen molar-refractivity contribution in [2.45, 2.75) is 25.9 Å². The zero-order valence-corrected chi connectivity index (χ0v) is 14.0. The Labute approximate surface area is 146 Å². The van der Waals surface area contributed by atoms with Gasteiger partial charge in [0, 0.05) is 23.6 Å². The van der Waals surface area contributed by atoms with Crippen LogP contribution in [0.1, 0.15) is 28.7 Å². The van der Waals surface area contributed by atoms with E-state index in [9.17, 15) is 4.79 Å². The molecule has 2 aromatic heterocycles. The molecule has 1 atom stereocenters. The number of nitrogens with one attached hydrogen (secondary N) is 1. The van der Waals surface area contributed by atoms with Crippen molar-refractivity contribution in [2.75, 3.05) is 4.90 Å². The zero-order valence-electron chi connectivity index (χ0n) is 14.0. The summed E-state index contributed by atoms with van der Waals surface area (Å²) < 4.78 is 5.23. The van der Waals surface area contributed by atoms with E-state index >= 15 is 0 Å². The van der Waals surface area contributed by atoms with Crippen molar-refractivity contribution in [3.05, 3.63) is 78.0 Å². The number of benzene rings is 1. The Hall–Kier alpha value is -3.08. The van der Waals surface area contributed by atoms with E-state index in [1.54, 1.807) is 18.5 Å². The molecule has 1 aliphatic heterocycles. The van der Waals surface area contributed by atoms with Crippen LogP contribution in [0.15, 0.2) is 65.4 Å². The summed E-state index contributed by atoms with van der Waals surface area (Å²) in [7, 11) is 0. The highest BCUT2D eigenvalue weighted by molar-refractivity contribution is 5.93. The number of amides is 1. The Bertz CT molecular complexity index is 889. The number of para-hydroxylation sites is 1. The quantitative estimate of drug-likeness (QED) is 0.791. The van der Waals surface area contributed by atoms with E-state index in [0.717, 1.165) is 12.1 Å². The Morgan fingerprint density at radius 2 is 2.16 bits per heavy atom. The van der Waals surface area contributed by atoms with Gasteiger partial charge in [0.25, 0.3) is 5.91 Å². The van der Waals surface area contributed by atoms with Crippen molar-refractivity contribution in [1.82, 2.24) is 10.3 Å². The Balaban J connectivity index is 1.56. The lowest BCUT2D eigenvalue weighted by Gasteiger charge is -2.25. The number of rotatable bonds is 4. The lowest BCUT2D eigenvalue weighted by atomic mass is 10.1. The second-order valence-electron chi connectivity index (χ2n) is 6.21. The second kappa shape index (κ2) is 6.43. The fraction of sp³-hybridized carbons (Fsp3) is 0.200. The number of pyridine rings is 1. The Morgan fingerprint density at radius 1 is 1.28 bits per heavy atom. The van der Waals surface area contributed by atoms with E-state index in [1.807, 2.05) is 24.3 Å². The van der Waals surface area contributed by atoms with Crippen LogP contribution >= 0.6 is 0 Å². The first kappa shape index (κ1) is 15.4. The van der Waals surface area contributed by atoms with Crippen molar-refractivity contribution < 1.29 is 9.21 Å². The van der Waals surface area contributed by atoms with Crippen LogP contribution < -0.4 is 10.2 Å². The molecule has 3 aromatic rings. The maximum atomic E-state index is 12.4. The SMILES string of the molecule is CC1Cc2ccccc2N1c1ccnc(C(=O)NCc2ccco2)c1. The summed E-state index contributed by atoms with van der Waals surface area (Å²) in [5.41, 5.74) is 3.91. The topological polar surface area (TPSA) is 58.4 Å². The Morgan fingerprint density at radius 3 is 3.00 bits per heavy atom. The van der Waals surface area contributed by atoms with E-state index < -0.39 is 0 Å². The first-order valence-electron chi connectivity index (χ1n) is 8.36. The molecule has 0 radical (unpaired) electrons. The van der Waals surface area contributed by atoms with Crippen LogP contribution in [0.5, 0.6) is 0 Å². The predicted molar refractivity (Wildman–Crippen MR) is 95.9 cm³/mol. The number of aromatic nitrogens is 1. The van der Waals surface area contributed by atoms with Gasteiger partial charge in [-0.3, -0.25) is 9.78 Å². The minimum atomic E-state index is -0.210. The van der Waals surface area contributed by atoms with Crippen LogP contribution in [0.3, 0.4) is 0 Å². The van der Waals surface area contributed by atoms with E-state index in [1.165, 1.54) is 11.3 Å². The van der Waals surface area contributed by atoms with Crippen molar-refractivity contribution in [3.63, 3.8) is 0 Å². The maximum Gasteiger partial charge on any atom is 0.270 e. The summed E-state index contributed by atoms with van der Waals surface area (Å²) in [6, 6.07) is 16.1. The van der Waals surface area contributed by atoms with E-state index in [4.69, 9.17) is 4.42 Å². The minimum Gasteiger partial charge on any atom is -0.467 e. The smallest absolute Gasteiger partial charge is 0.270 e. The van der Waals surface area contributed by atoms with Crippen LogP contribution in [0.2, 0.25) is 0 Å². The van der Waals surface area contributed by atoms with Gasteiger partial charge in [-0.25, -0.2) is 0 Å². The molecule has 0 fully saturated rings. The molecule has 0 saturated heterocycles.